The number of hydrogen-bond donors (Lipinski definition) is 1. The van der Waals surface area contributed by atoms with Crippen LogP contribution in [-0.4, -0.2) is 27.3 Å². The molecule has 2 aromatic heterocycles. The predicted molar refractivity (Wildman–Crippen MR) is 127 cm³/mol. The Morgan fingerprint density at radius 2 is 1.86 bits per heavy atom. The van der Waals surface area contributed by atoms with Crippen LogP contribution < -0.4 is 10.1 Å². The van der Waals surface area contributed by atoms with Gasteiger partial charge in [-0.3, -0.25) is 9.78 Å². The van der Waals surface area contributed by atoms with E-state index in [1.807, 2.05) is 0 Å². The molecule has 0 aliphatic rings. The Morgan fingerprint density at radius 3 is 2.53 bits per heavy atom. The number of carbonyl (C=O) groups excluding carboxylic acids is 1. The third-order valence-corrected chi connectivity index (χ3v) is 5.54. The first-order valence-corrected chi connectivity index (χ1v) is 10.9. The third-order valence-electron chi connectivity index (χ3n) is 5.54. The Balaban J connectivity index is 1.70. The number of aryl methyl sites for hydroxylation is 1. The molecule has 0 unspecified atom stereocenters. The van der Waals surface area contributed by atoms with Gasteiger partial charge in [-0.25, -0.2) is 13.5 Å². The van der Waals surface area contributed by atoms with E-state index in [0.29, 0.717) is 28.2 Å². The molecule has 0 saturated carbocycles. The number of halogens is 4. The van der Waals surface area contributed by atoms with Gasteiger partial charge in [-0.1, -0.05) is 18.2 Å². The number of benzene rings is 2. The number of amides is 1. The van der Waals surface area contributed by atoms with Gasteiger partial charge in [0.05, 0.1) is 22.6 Å². The SMILES string of the molecule is Cc1nn(-c2ccc(OC(F)F)c(-c3cccnc3)c2)c(C)c1C(=O)Nc1cccc(C(C)(F)F)c1. The summed E-state index contributed by atoms with van der Waals surface area (Å²) < 4.78 is 59.5. The van der Waals surface area contributed by atoms with E-state index in [1.165, 1.54) is 41.2 Å². The number of nitrogens with zero attached hydrogens (tertiary/aromatic N) is 3. The number of rotatable bonds is 7. The van der Waals surface area contributed by atoms with Gasteiger partial charge in [-0.15, -0.1) is 0 Å². The molecule has 0 saturated heterocycles. The fourth-order valence-electron chi connectivity index (χ4n) is 3.88. The molecule has 1 amide bonds. The number of carbonyl (C=O) groups is 1. The van der Waals surface area contributed by atoms with Gasteiger partial charge >= 0.3 is 6.61 Å². The van der Waals surface area contributed by atoms with Gasteiger partial charge in [0.15, 0.2) is 0 Å². The van der Waals surface area contributed by atoms with Gasteiger partial charge in [0.1, 0.15) is 5.75 Å². The van der Waals surface area contributed by atoms with E-state index in [0.717, 1.165) is 6.92 Å². The molecule has 1 N–H and O–H groups in total. The molecule has 0 fully saturated rings. The Morgan fingerprint density at radius 1 is 1.08 bits per heavy atom. The molecule has 0 radical (unpaired) electrons. The van der Waals surface area contributed by atoms with Crippen LogP contribution in [0.5, 0.6) is 5.75 Å². The van der Waals surface area contributed by atoms with Crippen molar-refractivity contribution in [2.24, 2.45) is 0 Å². The van der Waals surface area contributed by atoms with Crippen LogP contribution >= 0.6 is 0 Å². The monoisotopic (exact) mass is 498 g/mol. The largest absolute Gasteiger partial charge is 0.434 e. The van der Waals surface area contributed by atoms with Gasteiger partial charge < -0.3 is 10.1 Å². The topological polar surface area (TPSA) is 69.0 Å². The summed E-state index contributed by atoms with van der Waals surface area (Å²) in [6.07, 6.45) is 3.08. The first kappa shape index (κ1) is 24.9. The maximum absolute atomic E-state index is 13.7. The smallest absolute Gasteiger partial charge is 0.387 e. The summed E-state index contributed by atoms with van der Waals surface area (Å²) in [5.74, 6) is -3.60. The van der Waals surface area contributed by atoms with Crippen LogP contribution in [0.15, 0.2) is 67.0 Å². The van der Waals surface area contributed by atoms with Gasteiger partial charge in [0, 0.05) is 41.7 Å². The number of pyridine rings is 1. The standard InChI is InChI=1S/C26H22F4N4O2/c1-15-23(24(35)32-19-8-4-7-18(12-19)26(3,29)30)16(2)34(33-15)20-9-10-22(36-25(27)28)21(13-20)17-6-5-11-31-14-17/h4-14,25H,1-3H3,(H,32,35). The molecule has 4 aromatic rings. The van der Waals surface area contributed by atoms with E-state index in [-0.39, 0.29) is 22.6 Å². The van der Waals surface area contributed by atoms with Crippen LogP contribution in [0.1, 0.15) is 34.2 Å². The molecule has 2 aromatic carbocycles. The Bertz CT molecular complexity index is 1400. The minimum absolute atomic E-state index is 0.0335. The second-order valence-electron chi connectivity index (χ2n) is 8.18. The molecule has 36 heavy (non-hydrogen) atoms. The summed E-state index contributed by atoms with van der Waals surface area (Å²) in [5.41, 5.74) is 2.57. The highest BCUT2D eigenvalue weighted by Gasteiger charge is 2.25. The fraction of sp³-hybridized carbons (Fsp3) is 0.192. The molecule has 6 nitrogen and oxygen atoms in total. The van der Waals surface area contributed by atoms with Crippen LogP contribution in [0.25, 0.3) is 16.8 Å². The van der Waals surface area contributed by atoms with E-state index in [1.54, 1.807) is 44.3 Å². The lowest BCUT2D eigenvalue weighted by Gasteiger charge is -2.14. The predicted octanol–water partition coefficient (Wildman–Crippen LogP) is 6.52. The van der Waals surface area contributed by atoms with Crippen molar-refractivity contribution in [2.45, 2.75) is 33.3 Å². The molecule has 0 aliphatic heterocycles. The first-order valence-electron chi connectivity index (χ1n) is 10.9. The van der Waals surface area contributed by atoms with Gasteiger partial charge in [0.2, 0.25) is 0 Å². The average molecular weight is 498 g/mol. The van der Waals surface area contributed by atoms with Crippen molar-refractivity contribution in [2.75, 3.05) is 5.32 Å². The normalized spacial score (nSPS) is 11.6. The Labute approximate surface area is 204 Å². The van der Waals surface area contributed by atoms with E-state index in [4.69, 9.17) is 0 Å². The lowest BCUT2D eigenvalue weighted by molar-refractivity contribution is -0.0494. The summed E-state index contributed by atoms with van der Waals surface area (Å²) >= 11 is 0. The molecule has 0 atom stereocenters. The lowest BCUT2D eigenvalue weighted by Crippen LogP contribution is -2.15. The van der Waals surface area contributed by atoms with Crippen LogP contribution in [0.2, 0.25) is 0 Å². The molecule has 0 spiro atoms. The van der Waals surface area contributed by atoms with Gasteiger partial charge in [-0.2, -0.15) is 13.9 Å². The molecule has 2 heterocycles. The number of aromatic nitrogens is 3. The third kappa shape index (κ3) is 5.22. The second-order valence-corrected chi connectivity index (χ2v) is 8.18. The molecular formula is C26H22F4N4O2. The maximum atomic E-state index is 13.7. The van der Waals surface area contributed by atoms with Crippen molar-refractivity contribution in [1.82, 2.24) is 14.8 Å². The van der Waals surface area contributed by atoms with E-state index in [9.17, 15) is 22.4 Å². The van der Waals surface area contributed by atoms with E-state index >= 15 is 0 Å². The average Bonchev–Trinajstić information content (AvgIpc) is 3.13. The van der Waals surface area contributed by atoms with Crippen LogP contribution in [-0.2, 0) is 5.92 Å². The number of ether oxygens (including phenoxy) is 1. The zero-order valence-corrected chi connectivity index (χ0v) is 19.6. The summed E-state index contributed by atoms with van der Waals surface area (Å²) in [6.45, 7) is 1.09. The van der Waals surface area contributed by atoms with Gasteiger partial charge in [-0.05, 0) is 50.2 Å². The summed E-state index contributed by atoms with van der Waals surface area (Å²) in [6, 6.07) is 13.4. The Hall–Kier alpha value is -4.21. The first-order chi connectivity index (χ1) is 17.0. The van der Waals surface area contributed by atoms with E-state index < -0.39 is 18.4 Å². The highest BCUT2D eigenvalue weighted by atomic mass is 19.3. The zero-order valence-electron chi connectivity index (χ0n) is 19.6. The van der Waals surface area contributed by atoms with Gasteiger partial charge in [0.25, 0.3) is 11.8 Å². The van der Waals surface area contributed by atoms with Crippen molar-refractivity contribution in [3.8, 4) is 22.6 Å². The summed E-state index contributed by atoms with van der Waals surface area (Å²) in [5, 5.41) is 7.10. The molecule has 186 valence electrons. The fourth-order valence-corrected chi connectivity index (χ4v) is 3.88. The van der Waals surface area contributed by atoms with Crippen molar-refractivity contribution in [3.63, 3.8) is 0 Å². The Kier molecular flexibility index (Phi) is 6.78. The number of nitrogens with one attached hydrogen (secondary N) is 1. The summed E-state index contributed by atoms with van der Waals surface area (Å²) in [7, 11) is 0. The van der Waals surface area contributed by atoms with Crippen molar-refractivity contribution in [3.05, 3.63) is 89.5 Å². The second kappa shape index (κ2) is 9.80. The van der Waals surface area contributed by atoms with Crippen molar-refractivity contribution >= 4 is 11.6 Å². The highest BCUT2D eigenvalue weighted by molar-refractivity contribution is 6.06. The van der Waals surface area contributed by atoms with Crippen molar-refractivity contribution in [1.29, 1.82) is 0 Å². The number of anilines is 1. The molecule has 0 aliphatic carbocycles. The maximum Gasteiger partial charge on any atom is 0.387 e. The van der Waals surface area contributed by atoms with Crippen LogP contribution in [0.3, 0.4) is 0 Å². The minimum atomic E-state index is -3.05. The number of alkyl halides is 4. The van der Waals surface area contributed by atoms with Crippen molar-refractivity contribution < 1.29 is 27.1 Å². The number of hydrogen-bond acceptors (Lipinski definition) is 4. The summed E-state index contributed by atoms with van der Waals surface area (Å²) in [4.78, 5) is 17.1. The van der Waals surface area contributed by atoms with Crippen LogP contribution in [0.4, 0.5) is 23.2 Å². The lowest BCUT2D eigenvalue weighted by atomic mass is 10.1. The minimum Gasteiger partial charge on any atom is -0.434 e. The van der Waals surface area contributed by atoms with E-state index in [2.05, 4.69) is 20.1 Å². The van der Waals surface area contributed by atoms with Crippen LogP contribution in [0, 0.1) is 13.8 Å². The zero-order chi connectivity index (χ0) is 26.0. The molecule has 4 rings (SSSR count). The molecular weight excluding hydrogens is 476 g/mol. The molecule has 0 bridgehead atoms. The quantitative estimate of drug-likeness (QED) is 0.295. The highest BCUT2D eigenvalue weighted by Crippen LogP contribution is 2.34. The molecule has 10 heteroatoms.